The summed E-state index contributed by atoms with van der Waals surface area (Å²) in [5.74, 6) is 0.371. The van der Waals surface area contributed by atoms with E-state index in [1.165, 1.54) is 0 Å². The van der Waals surface area contributed by atoms with Crippen molar-refractivity contribution in [2.24, 2.45) is 11.8 Å². The van der Waals surface area contributed by atoms with Gasteiger partial charge in [0.1, 0.15) is 12.7 Å². The highest BCUT2D eigenvalue weighted by Crippen LogP contribution is 2.48. The fourth-order valence-corrected chi connectivity index (χ4v) is 3.50. The molecule has 1 saturated heterocycles. The van der Waals surface area contributed by atoms with Crippen molar-refractivity contribution in [3.05, 3.63) is 0 Å². The van der Waals surface area contributed by atoms with E-state index < -0.39 is 28.1 Å². The quantitative estimate of drug-likeness (QED) is 0.556. The van der Waals surface area contributed by atoms with E-state index in [2.05, 4.69) is 0 Å². The largest absolute Gasteiger partial charge is 0.392 e. The molecule has 21 heavy (non-hydrogen) atoms. The summed E-state index contributed by atoms with van der Waals surface area (Å²) in [6.07, 6.45) is 2.02. The minimum atomic E-state index is -5.44. The van der Waals surface area contributed by atoms with Gasteiger partial charge in [0, 0.05) is 5.92 Å². The van der Waals surface area contributed by atoms with E-state index in [4.69, 9.17) is 18.8 Å². The maximum atomic E-state index is 13.2. The van der Waals surface area contributed by atoms with E-state index in [1.54, 1.807) is 0 Å². The normalized spacial score (nSPS) is 38.9. The average Bonchev–Trinajstić information content (AvgIpc) is 3.01. The molecule has 0 aromatic carbocycles. The number of hydrogen-bond acceptors (Lipinski definition) is 5. The second kappa shape index (κ2) is 5.38. The van der Waals surface area contributed by atoms with Crippen molar-refractivity contribution in [1.82, 2.24) is 0 Å². The summed E-state index contributed by atoms with van der Waals surface area (Å²) in [6, 6.07) is 0. The average molecular weight is 328 g/mol. The topological polar surface area (TPSA) is 85.4 Å². The van der Waals surface area contributed by atoms with E-state index in [0.29, 0.717) is 25.6 Å². The van der Waals surface area contributed by atoms with Gasteiger partial charge < -0.3 is 14.2 Å². The van der Waals surface area contributed by atoms with Crippen molar-refractivity contribution in [3.8, 4) is 0 Å². The molecule has 5 atom stereocenters. The highest BCUT2D eigenvalue weighted by Gasteiger charge is 2.51. The van der Waals surface area contributed by atoms with Crippen LogP contribution in [-0.4, -0.2) is 56.4 Å². The van der Waals surface area contributed by atoms with Crippen molar-refractivity contribution >= 4 is 10.1 Å². The maximum Gasteiger partial charge on any atom is 0.392 e. The molecule has 6 nitrogen and oxygen atoms in total. The second-order valence-corrected chi connectivity index (χ2v) is 7.57. The lowest BCUT2D eigenvalue weighted by Gasteiger charge is -2.30. The molecule has 0 radical (unpaired) electrons. The highest BCUT2D eigenvalue weighted by atomic mass is 32.2. The molecule has 5 unspecified atom stereocenters. The first-order chi connectivity index (χ1) is 9.76. The standard InChI is InChI=1S/C12H18F2O6S/c13-12(14,21(15,16)17)6-20-11-3-7-1-9(11)10(2-7)19-5-8-4-18-8/h7-11H,1-6H2,(H,15,16,17). The number of epoxide rings is 1. The Morgan fingerprint density at radius 1 is 1.19 bits per heavy atom. The van der Waals surface area contributed by atoms with Gasteiger partial charge in [0.15, 0.2) is 0 Å². The van der Waals surface area contributed by atoms with Gasteiger partial charge in [0.25, 0.3) is 0 Å². The van der Waals surface area contributed by atoms with Gasteiger partial charge in [-0.05, 0) is 25.2 Å². The van der Waals surface area contributed by atoms with E-state index in [0.717, 1.165) is 12.8 Å². The molecule has 3 fully saturated rings. The van der Waals surface area contributed by atoms with Crippen LogP contribution in [0.25, 0.3) is 0 Å². The van der Waals surface area contributed by atoms with Crippen LogP contribution >= 0.6 is 0 Å². The van der Waals surface area contributed by atoms with Gasteiger partial charge in [-0.3, -0.25) is 4.55 Å². The lowest BCUT2D eigenvalue weighted by atomic mass is 9.94. The SMILES string of the molecule is O=S(=O)(O)C(F)(F)COC1CC2CC(OCC3CO3)C1C2. The van der Waals surface area contributed by atoms with Crippen LogP contribution in [0, 0.1) is 11.8 Å². The molecule has 0 aromatic heterocycles. The molecule has 3 aliphatic rings. The van der Waals surface area contributed by atoms with Gasteiger partial charge >= 0.3 is 15.4 Å². The maximum absolute atomic E-state index is 13.2. The summed E-state index contributed by atoms with van der Waals surface area (Å²) in [5.41, 5.74) is 0. The highest BCUT2D eigenvalue weighted by molar-refractivity contribution is 7.86. The van der Waals surface area contributed by atoms with Crippen LogP contribution < -0.4 is 0 Å². The van der Waals surface area contributed by atoms with Gasteiger partial charge in [-0.2, -0.15) is 17.2 Å². The molecule has 2 saturated carbocycles. The van der Waals surface area contributed by atoms with Crippen LogP contribution in [0.15, 0.2) is 0 Å². The zero-order chi connectivity index (χ0) is 15.3. The predicted octanol–water partition coefficient (Wildman–Crippen LogP) is 1.07. The van der Waals surface area contributed by atoms with E-state index >= 15 is 0 Å². The lowest BCUT2D eigenvalue weighted by Crippen LogP contribution is -2.39. The molecule has 9 heteroatoms. The first-order valence-corrected chi connectivity index (χ1v) is 8.40. The van der Waals surface area contributed by atoms with Gasteiger partial charge in [0.05, 0.1) is 25.4 Å². The van der Waals surface area contributed by atoms with Gasteiger partial charge in [0.2, 0.25) is 0 Å². The smallest absolute Gasteiger partial charge is 0.375 e. The number of alkyl halides is 2. The molecule has 2 aliphatic carbocycles. The Bertz CT molecular complexity index is 492. The third-order valence-electron chi connectivity index (χ3n) is 4.43. The van der Waals surface area contributed by atoms with Crippen LogP contribution in [0.2, 0.25) is 0 Å². The summed E-state index contributed by atoms with van der Waals surface area (Å²) in [5, 5.41) is -4.27. The van der Waals surface area contributed by atoms with Crippen molar-refractivity contribution in [3.63, 3.8) is 0 Å². The summed E-state index contributed by atoms with van der Waals surface area (Å²) < 4.78 is 71.8. The minimum absolute atomic E-state index is 0.00551. The third-order valence-corrected chi connectivity index (χ3v) is 5.31. The number of rotatable bonds is 7. The van der Waals surface area contributed by atoms with Crippen LogP contribution in [0.1, 0.15) is 19.3 Å². The monoisotopic (exact) mass is 328 g/mol. The van der Waals surface area contributed by atoms with Gasteiger partial charge in [-0.15, -0.1) is 0 Å². The molecule has 122 valence electrons. The van der Waals surface area contributed by atoms with Crippen molar-refractivity contribution in [1.29, 1.82) is 0 Å². The van der Waals surface area contributed by atoms with Crippen molar-refractivity contribution in [2.45, 2.75) is 42.8 Å². The molecule has 1 aliphatic heterocycles. The first-order valence-electron chi connectivity index (χ1n) is 6.96. The Kier molecular flexibility index (Phi) is 3.98. The molecule has 1 heterocycles. The minimum Gasteiger partial charge on any atom is -0.375 e. The summed E-state index contributed by atoms with van der Waals surface area (Å²) in [6.45, 7) is -0.124. The zero-order valence-electron chi connectivity index (χ0n) is 11.3. The van der Waals surface area contributed by atoms with E-state index in [9.17, 15) is 17.2 Å². The van der Waals surface area contributed by atoms with Crippen LogP contribution in [0.5, 0.6) is 0 Å². The Morgan fingerprint density at radius 3 is 2.33 bits per heavy atom. The van der Waals surface area contributed by atoms with Crippen molar-refractivity contribution < 1.29 is 36.0 Å². The number of fused-ring (bicyclic) bond motifs is 2. The number of hydrogen-bond donors (Lipinski definition) is 1. The molecule has 3 rings (SSSR count). The Hall–Kier alpha value is -0.350. The molecular formula is C12H18F2O6S. The van der Waals surface area contributed by atoms with Gasteiger partial charge in [-0.1, -0.05) is 0 Å². The fraction of sp³-hybridized carbons (Fsp3) is 1.00. The summed E-state index contributed by atoms with van der Waals surface area (Å²) in [7, 11) is -5.44. The van der Waals surface area contributed by atoms with Crippen LogP contribution in [0.3, 0.4) is 0 Å². The molecular weight excluding hydrogens is 310 g/mol. The fourth-order valence-electron chi connectivity index (χ4n) is 3.28. The third kappa shape index (κ3) is 3.37. The van der Waals surface area contributed by atoms with E-state index in [-0.39, 0.29) is 18.1 Å². The first kappa shape index (κ1) is 15.5. The zero-order valence-corrected chi connectivity index (χ0v) is 12.1. The lowest BCUT2D eigenvalue weighted by molar-refractivity contribution is -0.0994. The molecule has 0 aromatic rings. The number of ether oxygens (including phenoxy) is 3. The van der Waals surface area contributed by atoms with Gasteiger partial charge in [-0.25, -0.2) is 0 Å². The molecule has 0 spiro atoms. The predicted molar refractivity (Wildman–Crippen MR) is 66.5 cm³/mol. The van der Waals surface area contributed by atoms with Crippen molar-refractivity contribution in [2.75, 3.05) is 19.8 Å². The molecule has 0 amide bonds. The van der Waals surface area contributed by atoms with E-state index in [1.807, 2.05) is 0 Å². The summed E-state index contributed by atoms with van der Waals surface area (Å²) >= 11 is 0. The molecule has 2 bridgehead atoms. The Balaban J connectivity index is 1.52. The Labute approximate surface area is 121 Å². The molecule has 1 N–H and O–H groups in total. The number of halogens is 2. The summed E-state index contributed by atoms with van der Waals surface area (Å²) in [4.78, 5) is 0. The van der Waals surface area contributed by atoms with Crippen LogP contribution in [-0.2, 0) is 24.3 Å². The second-order valence-electron chi connectivity index (χ2n) is 6.03. The Morgan fingerprint density at radius 2 is 1.81 bits per heavy atom. The van der Waals surface area contributed by atoms with Crippen LogP contribution in [0.4, 0.5) is 8.78 Å².